The molecule has 28 heavy (non-hydrogen) atoms. The van der Waals surface area contributed by atoms with Crippen molar-refractivity contribution in [2.75, 3.05) is 17.2 Å². The number of nitrogens with one attached hydrogen (secondary N) is 1. The van der Waals surface area contributed by atoms with Crippen LogP contribution in [0.5, 0.6) is 5.75 Å². The van der Waals surface area contributed by atoms with Gasteiger partial charge in [0.25, 0.3) is 0 Å². The lowest BCUT2D eigenvalue weighted by molar-refractivity contribution is -0.122. The quantitative estimate of drug-likeness (QED) is 0.734. The number of amides is 1. The summed E-state index contributed by atoms with van der Waals surface area (Å²) < 4.78 is 31.6. The van der Waals surface area contributed by atoms with Crippen LogP contribution in [0.2, 0.25) is 0 Å². The van der Waals surface area contributed by atoms with Crippen LogP contribution in [0.25, 0.3) is 0 Å². The number of hydrogen-bond donors (Lipinski definition) is 1. The number of anilines is 1. The lowest BCUT2D eigenvalue weighted by Crippen LogP contribution is -2.50. The summed E-state index contributed by atoms with van der Waals surface area (Å²) >= 11 is 0. The summed E-state index contributed by atoms with van der Waals surface area (Å²) in [5, 5.41) is 2.84. The van der Waals surface area contributed by atoms with E-state index in [-0.39, 0.29) is 18.6 Å². The standard InChI is InChI=1S/C21H28N2O4S/c1-15-9-8-11-19(13-15)23(28(5,25)26)18(4)21(24)22-17(3)14-27-20-12-7-6-10-16(20)2/h6-13,17-18H,14H2,1-5H3,(H,22,24)/t17-,18-/m1/s1. The number of rotatable bonds is 8. The predicted octanol–water partition coefficient (Wildman–Crippen LogP) is 3.04. The number of carbonyl (C=O) groups excluding carboxylic acids is 1. The van der Waals surface area contributed by atoms with Crippen molar-refractivity contribution in [3.8, 4) is 5.75 Å². The summed E-state index contributed by atoms with van der Waals surface area (Å²) in [5.74, 6) is 0.377. The minimum Gasteiger partial charge on any atom is -0.491 e. The van der Waals surface area contributed by atoms with Crippen LogP contribution in [0.4, 0.5) is 5.69 Å². The molecule has 1 amide bonds. The maximum absolute atomic E-state index is 12.7. The van der Waals surface area contributed by atoms with Gasteiger partial charge in [-0.2, -0.15) is 0 Å². The zero-order chi connectivity index (χ0) is 20.9. The highest BCUT2D eigenvalue weighted by Gasteiger charge is 2.29. The number of para-hydroxylation sites is 1. The van der Waals surface area contributed by atoms with Gasteiger partial charge in [-0.1, -0.05) is 30.3 Å². The Morgan fingerprint density at radius 1 is 1.11 bits per heavy atom. The van der Waals surface area contributed by atoms with Crippen molar-refractivity contribution in [1.29, 1.82) is 0 Å². The van der Waals surface area contributed by atoms with Crippen LogP contribution in [-0.4, -0.2) is 39.3 Å². The number of aryl methyl sites for hydroxylation is 2. The Kier molecular flexibility index (Phi) is 7.07. The first kappa shape index (κ1) is 21.8. The van der Waals surface area contributed by atoms with Gasteiger partial charge in [-0.3, -0.25) is 9.10 Å². The minimum atomic E-state index is -3.63. The molecule has 0 aliphatic carbocycles. The van der Waals surface area contributed by atoms with Crippen LogP contribution in [0.3, 0.4) is 0 Å². The highest BCUT2D eigenvalue weighted by Crippen LogP contribution is 2.22. The van der Waals surface area contributed by atoms with E-state index in [1.54, 1.807) is 25.1 Å². The molecule has 0 bridgehead atoms. The van der Waals surface area contributed by atoms with Crippen LogP contribution in [0.15, 0.2) is 48.5 Å². The zero-order valence-corrected chi connectivity index (χ0v) is 17.8. The van der Waals surface area contributed by atoms with E-state index in [1.165, 1.54) is 0 Å². The van der Waals surface area contributed by atoms with Gasteiger partial charge in [-0.05, 0) is 57.0 Å². The molecule has 0 saturated heterocycles. The number of ether oxygens (including phenoxy) is 1. The van der Waals surface area contributed by atoms with Crippen LogP contribution in [0.1, 0.15) is 25.0 Å². The molecule has 0 radical (unpaired) electrons. The van der Waals surface area contributed by atoms with E-state index in [0.717, 1.165) is 27.4 Å². The SMILES string of the molecule is Cc1cccc(N([C@H](C)C(=O)N[C@H](C)COc2ccccc2C)S(C)(=O)=O)c1. The first-order valence-corrected chi connectivity index (χ1v) is 11.0. The van der Waals surface area contributed by atoms with Gasteiger partial charge in [-0.15, -0.1) is 0 Å². The zero-order valence-electron chi connectivity index (χ0n) is 17.0. The Morgan fingerprint density at radius 3 is 2.39 bits per heavy atom. The molecule has 2 atom stereocenters. The highest BCUT2D eigenvalue weighted by molar-refractivity contribution is 7.92. The number of carbonyl (C=O) groups is 1. The van der Waals surface area contributed by atoms with Gasteiger partial charge in [-0.25, -0.2) is 8.42 Å². The second kappa shape index (κ2) is 9.10. The Labute approximate surface area is 167 Å². The van der Waals surface area contributed by atoms with E-state index in [2.05, 4.69) is 5.32 Å². The molecular formula is C21H28N2O4S. The summed E-state index contributed by atoms with van der Waals surface area (Å²) in [6.07, 6.45) is 1.10. The Bertz CT molecular complexity index is 928. The number of hydrogen-bond acceptors (Lipinski definition) is 4. The van der Waals surface area contributed by atoms with Crippen molar-refractivity contribution < 1.29 is 17.9 Å². The largest absolute Gasteiger partial charge is 0.491 e. The van der Waals surface area contributed by atoms with Gasteiger partial charge in [0.1, 0.15) is 18.4 Å². The van der Waals surface area contributed by atoms with E-state index in [0.29, 0.717) is 5.69 Å². The molecule has 6 nitrogen and oxygen atoms in total. The van der Waals surface area contributed by atoms with Crippen molar-refractivity contribution >= 4 is 21.6 Å². The fourth-order valence-electron chi connectivity index (χ4n) is 2.91. The van der Waals surface area contributed by atoms with E-state index >= 15 is 0 Å². The summed E-state index contributed by atoms with van der Waals surface area (Å²) in [6, 6.07) is 13.5. The lowest BCUT2D eigenvalue weighted by atomic mass is 10.2. The average molecular weight is 405 g/mol. The van der Waals surface area contributed by atoms with Crippen LogP contribution < -0.4 is 14.4 Å². The van der Waals surface area contributed by atoms with Gasteiger partial charge in [0.05, 0.1) is 18.0 Å². The maximum Gasteiger partial charge on any atom is 0.243 e. The molecule has 2 aromatic carbocycles. The number of nitrogens with zero attached hydrogens (tertiary/aromatic N) is 1. The topological polar surface area (TPSA) is 75.7 Å². The van der Waals surface area contributed by atoms with Gasteiger partial charge in [0.2, 0.25) is 15.9 Å². The third-order valence-corrected chi connectivity index (χ3v) is 5.56. The maximum atomic E-state index is 12.7. The predicted molar refractivity (Wildman–Crippen MR) is 112 cm³/mol. The molecule has 152 valence electrons. The van der Waals surface area contributed by atoms with E-state index < -0.39 is 16.1 Å². The third-order valence-electron chi connectivity index (χ3n) is 4.32. The smallest absolute Gasteiger partial charge is 0.243 e. The molecule has 0 unspecified atom stereocenters. The van der Waals surface area contributed by atoms with Crippen molar-refractivity contribution in [2.24, 2.45) is 0 Å². The monoisotopic (exact) mass is 404 g/mol. The van der Waals surface area contributed by atoms with Crippen molar-refractivity contribution in [3.05, 3.63) is 59.7 Å². The Hall–Kier alpha value is -2.54. The third kappa shape index (κ3) is 5.73. The Morgan fingerprint density at radius 2 is 1.79 bits per heavy atom. The lowest BCUT2D eigenvalue weighted by Gasteiger charge is -2.29. The molecular weight excluding hydrogens is 376 g/mol. The molecule has 0 aliphatic rings. The van der Waals surface area contributed by atoms with Crippen molar-refractivity contribution in [2.45, 2.75) is 39.8 Å². The van der Waals surface area contributed by atoms with Gasteiger partial charge < -0.3 is 10.1 Å². The molecule has 0 heterocycles. The second-order valence-corrected chi connectivity index (χ2v) is 8.92. The molecule has 0 spiro atoms. The molecule has 0 saturated carbocycles. The van der Waals surface area contributed by atoms with E-state index in [4.69, 9.17) is 4.74 Å². The van der Waals surface area contributed by atoms with Crippen LogP contribution >= 0.6 is 0 Å². The van der Waals surface area contributed by atoms with Crippen molar-refractivity contribution in [3.63, 3.8) is 0 Å². The summed E-state index contributed by atoms with van der Waals surface area (Å²) in [4.78, 5) is 12.7. The molecule has 2 aromatic rings. The van der Waals surface area contributed by atoms with Crippen LogP contribution in [0, 0.1) is 13.8 Å². The minimum absolute atomic E-state index is 0.284. The van der Waals surface area contributed by atoms with Gasteiger partial charge >= 0.3 is 0 Å². The summed E-state index contributed by atoms with van der Waals surface area (Å²) in [5.41, 5.74) is 2.39. The summed E-state index contributed by atoms with van der Waals surface area (Å²) in [6.45, 7) is 7.51. The van der Waals surface area contributed by atoms with E-state index in [9.17, 15) is 13.2 Å². The van der Waals surface area contributed by atoms with Gasteiger partial charge in [0.15, 0.2) is 0 Å². The average Bonchev–Trinajstić information content (AvgIpc) is 2.60. The first-order valence-electron chi connectivity index (χ1n) is 9.14. The fourth-order valence-corrected chi connectivity index (χ4v) is 4.08. The van der Waals surface area contributed by atoms with E-state index in [1.807, 2.05) is 51.1 Å². The molecule has 2 rings (SSSR count). The number of benzene rings is 2. The second-order valence-electron chi connectivity index (χ2n) is 7.06. The molecule has 0 fully saturated rings. The molecule has 0 aromatic heterocycles. The van der Waals surface area contributed by atoms with Crippen LogP contribution in [-0.2, 0) is 14.8 Å². The highest BCUT2D eigenvalue weighted by atomic mass is 32.2. The molecule has 7 heteroatoms. The van der Waals surface area contributed by atoms with Gasteiger partial charge in [0, 0.05) is 0 Å². The first-order chi connectivity index (χ1) is 13.1. The summed E-state index contributed by atoms with van der Waals surface area (Å²) in [7, 11) is -3.63. The normalized spacial score (nSPS) is 13.5. The Balaban J connectivity index is 2.07. The van der Waals surface area contributed by atoms with Crippen molar-refractivity contribution in [1.82, 2.24) is 5.32 Å². The molecule has 0 aliphatic heterocycles. The molecule has 1 N–H and O–H groups in total. The fraction of sp³-hybridized carbons (Fsp3) is 0.381. The number of sulfonamides is 1.